The fourth-order valence-electron chi connectivity index (χ4n) is 7.87. The van der Waals surface area contributed by atoms with Crippen LogP contribution in [0.15, 0.2) is 212 Å². The van der Waals surface area contributed by atoms with E-state index in [1.165, 1.54) is 0 Å². The summed E-state index contributed by atoms with van der Waals surface area (Å²) < 4.78 is 2.36. The van der Waals surface area contributed by atoms with Gasteiger partial charge in [0.05, 0.1) is 34.1 Å². The van der Waals surface area contributed by atoms with Gasteiger partial charge in [0, 0.05) is 50.2 Å². The molecule has 0 N–H and O–H groups in total. The number of nitriles is 1. The van der Waals surface area contributed by atoms with Crippen molar-refractivity contribution in [3.8, 4) is 56.8 Å². The van der Waals surface area contributed by atoms with Crippen LogP contribution in [0.1, 0.15) is 5.56 Å². The van der Waals surface area contributed by atoms with Gasteiger partial charge >= 0.3 is 0 Å². The largest absolute Gasteiger partial charge is 0.310 e. The van der Waals surface area contributed by atoms with Crippen LogP contribution in [0, 0.1) is 11.3 Å². The Kier molecular flexibility index (Phi) is 8.83. The molecule has 0 aliphatic carbocycles. The van der Waals surface area contributed by atoms with Gasteiger partial charge in [-0.25, -0.2) is 9.97 Å². The van der Waals surface area contributed by atoms with E-state index in [2.05, 4.69) is 149 Å². The minimum absolute atomic E-state index is 0.604. The van der Waals surface area contributed by atoms with Crippen LogP contribution in [0.5, 0.6) is 0 Å². The van der Waals surface area contributed by atoms with Crippen LogP contribution in [-0.4, -0.2) is 14.5 Å². The summed E-state index contributed by atoms with van der Waals surface area (Å²) in [5.41, 5.74) is 13.4. The van der Waals surface area contributed by atoms with Crippen molar-refractivity contribution in [3.05, 3.63) is 218 Å². The SMILES string of the molecule is N#Cc1cccc(-c2cc(-c3cc(-c4ccccc4)nc(-c4ccccc4)n3)cc(-n3c4ccccc4c4ccc(N(c5ccccc5)c5ccccc5)cc43)c2)c1. The summed E-state index contributed by atoms with van der Waals surface area (Å²) >= 11 is 0. The van der Waals surface area contributed by atoms with Crippen LogP contribution in [0.25, 0.3) is 72.5 Å². The number of hydrogen-bond donors (Lipinski definition) is 0. The molecule has 0 saturated carbocycles. The zero-order chi connectivity index (χ0) is 38.8. The topological polar surface area (TPSA) is 57.7 Å². The smallest absolute Gasteiger partial charge is 0.160 e. The first-order chi connectivity index (χ1) is 28.7. The first-order valence-corrected chi connectivity index (χ1v) is 19.3. The predicted octanol–water partition coefficient (Wildman–Crippen LogP) is 13.6. The molecule has 272 valence electrons. The molecule has 58 heavy (non-hydrogen) atoms. The Morgan fingerprint density at radius 2 is 0.966 bits per heavy atom. The molecular weight excluding hydrogens is 707 g/mol. The number of para-hydroxylation sites is 3. The zero-order valence-corrected chi connectivity index (χ0v) is 31.4. The van der Waals surface area contributed by atoms with E-state index in [-0.39, 0.29) is 0 Å². The Balaban J connectivity index is 1.24. The van der Waals surface area contributed by atoms with Crippen LogP contribution >= 0.6 is 0 Å². The van der Waals surface area contributed by atoms with Gasteiger partial charge in [-0.05, 0) is 90.0 Å². The van der Waals surface area contributed by atoms with Crippen molar-refractivity contribution in [2.24, 2.45) is 0 Å². The van der Waals surface area contributed by atoms with Gasteiger partial charge in [0.25, 0.3) is 0 Å². The molecule has 5 heteroatoms. The van der Waals surface area contributed by atoms with Gasteiger partial charge in [0.2, 0.25) is 0 Å². The van der Waals surface area contributed by atoms with Crippen LogP contribution in [0.3, 0.4) is 0 Å². The molecular formula is C53H35N5. The lowest BCUT2D eigenvalue weighted by molar-refractivity contribution is 1.16. The third kappa shape index (κ3) is 6.45. The number of benzene rings is 8. The summed E-state index contributed by atoms with van der Waals surface area (Å²) in [6.07, 6.45) is 0. The standard InChI is InChI=1S/C53H35N5/c54-36-37-16-15-21-40(30-37)41-31-42(50-35-49(38-17-5-1-6-18-38)55-53(56-50)39-19-7-2-8-20-39)33-46(32-41)58-51-27-14-13-26-47(51)48-29-28-45(34-52(48)58)57(43-22-9-3-10-23-43)44-24-11-4-12-25-44/h1-35H. The van der Waals surface area contributed by atoms with Gasteiger partial charge in [-0.15, -0.1) is 0 Å². The van der Waals surface area contributed by atoms with E-state index >= 15 is 0 Å². The Hall–Kier alpha value is -8.07. The highest BCUT2D eigenvalue weighted by Gasteiger charge is 2.19. The number of hydrogen-bond acceptors (Lipinski definition) is 4. The summed E-state index contributed by atoms with van der Waals surface area (Å²) in [6, 6.07) is 75.6. The van der Waals surface area contributed by atoms with Crippen molar-refractivity contribution < 1.29 is 0 Å². The normalized spacial score (nSPS) is 11.1. The number of aromatic nitrogens is 3. The quantitative estimate of drug-likeness (QED) is 0.156. The van der Waals surface area contributed by atoms with Gasteiger partial charge in [-0.1, -0.05) is 133 Å². The van der Waals surface area contributed by atoms with Crippen LogP contribution in [-0.2, 0) is 0 Å². The second kappa shape index (κ2) is 14.9. The molecule has 10 rings (SSSR count). The molecule has 0 unspecified atom stereocenters. The van der Waals surface area contributed by atoms with Gasteiger partial charge < -0.3 is 9.47 Å². The number of rotatable bonds is 8. The summed E-state index contributed by atoms with van der Waals surface area (Å²) in [5.74, 6) is 0.652. The van der Waals surface area contributed by atoms with Crippen molar-refractivity contribution in [3.63, 3.8) is 0 Å². The minimum Gasteiger partial charge on any atom is -0.310 e. The average Bonchev–Trinajstić information content (AvgIpc) is 3.64. The van der Waals surface area contributed by atoms with Crippen molar-refractivity contribution in [1.82, 2.24) is 14.5 Å². The minimum atomic E-state index is 0.604. The van der Waals surface area contributed by atoms with E-state index in [4.69, 9.17) is 9.97 Å². The van der Waals surface area contributed by atoms with Crippen molar-refractivity contribution in [2.45, 2.75) is 0 Å². The Labute approximate surface area is 337 Å². The number of anilines is 3. The Bertz CT molecular complexity index is 3020. The maximum atomic E-state index is 9.92. The van der Waals surface area contributed by atoms with Gasteiger partial charge in [0.15, 0.2) is 5.82 Å². The number of nitrogens with zero attached hydrogens (tertiary/aromatic N) is 5. The molecule has 0 amide bonds. The Morgan fingerprint density at radius 3 is 1.66 bits per heavy atom. The highest BCUT2D eigenvalue weighted by atomic mass is 15.1. The van der Waals surface area contributed by atoms with Gasteiger partial charge in [0.1, 0.15) is 0 Å². The second-order valence-corrected chi connectivity index (χ2v) is 14.2. The lowest BCUT2D eigenvalue weighted by Crippen LogP contribution is -2.09. The van der Waals surface area contributed by atoms with Gasteiger partial charge in [-0.2, -0.15) is 5.26 Å². The third-order valence-corrected chi connectivity index (χ3v) is 10.6. The molecule has 0 fully saturated rings. The van der Waals surface area contributed by atoms with Crippen LogP contribution in [0.2, 0.25) is 0 Å². The van der Waals surface area contributed by atoms with E-state index in [0.717, 1.165) is 83.8 Å². The van der Waals surface area contributed by atoms with Crippen molar-refractivity contribution >= 4 is 38.9 Å². The highest BCUT2D eigenvalue weighted by molar-refractivity contribution is 6.10. The molecule has 8 aromatic carbocycles. The van der Waals surface area contributed by atoms with E-state index in [0.29, 0.717) is 11.4 Å². The molecule has 0 bridgehead atoms. The molecule has 2 heterocycles. The van der Waals surface area contributed by atoms with Crippen molar-refractivity contribution in [2.75, 3.05) is 4.90 Å². The van der Waals surface area contributed by atoms with E-state index in [9.17, 15) is 5.26 Å². The molecule has 10 aromatic rings. The monoisotopic (exact) mass is 741 g/mol. The third-order valence-electron chi connectivity index (χ3n) is 10.6. The van der Waals surface area contributed by atoms with E-state index in [1.54, 1.807) is 0 Å². The Morgan fingerprint density at radius 1 is 0.397 bits per heavy atom. The van der Waals surface area contributed by atoms with Crippen LogP contribution < -0.4 is 4.90 Å². The molecule has 0 aliphatic rings. The van der Waals surface area contributed by atoms with Crippen LogP contribution in [0.4, 0.5) is 17.1 Å². The zero-order valence-electron chi connectivity index (χ0n) is 31.4. The molecule has 0 atom stereocenters. The maximum absolute atomic E-state index is 9.92. The van der Waals surface area contributed by atoms with E-state index in [1.807, 2.05) is 78.9 Å². The van der Waals surface area contributed by atoms with E-state index < -0.39 is 0 Å². The first-order valence-electron chi connectivity index (χ1n) is 19.3. The summed E-state index contributed by atoms with van der Waals surface area (Å²) in [7, 11) is 0. The molecule has 5 nitrogen and oxygen atoms in total. The summed E-state index contributed by atoms with van der Waals surface area (Å²) in [4.78, 5) is 12.6. The molecule has 0 spiro atoms. The summed E-state index contributed by atoms with van der Waals surface area (Å²) in [5, 5.41) is 12.2. The fourth-order valence-corrected chi connectivity index (χ4v) is 7.87. The first kappa shape index (κ1) is 34.4. The fraction of sp³-hybridized carbons (Fsp3) is 0. The average molecular weight is 742 g/mol. The predicted molar refractivity (Wildman–Crippen MR) is 238 cm³/mol. The molecule has 2 aromatic heterocycles. The lowest BCUT2D eigenvalue weighted by atomic mass is 9.98. The maximum Gasteiger partial charge on any atom is 0.160 e. The lowest BCUT2D eigenvalue weighted by Gasteiger charge is -2.25. The second-order valence-electron chi connectivity index (χ2n) is 14.2. The van der Waals surface area contributed by atoms with Gasteiger partial charge in [-0.3, -0.25) is 0 Å². The molecule has 0 radical (unpaired) electrons. The molecule has 0 aliphatic heterocycles. The van der Waals surface area contributed by atoms with Crippen molar-refractivity contribution in [1.29, 1.82) is 5.26 Å². The molecule has 0 saturated heterocycles. The number of fused-ring (bicyclic) bond motifs is 3. The summed E-state index contributed by atoms with van der Waals surface area (Å²) in [6.45, 7) is 0. The highest BCUT2D eigenvalue weighted by Crippen LogP contribution is 2.41.